The lowest BCUT2D eigenvalue weighted by atomic mass is 9.83. The molecule has 1 aliphatic heterocycles. The summed E-state index contributed by atoms with van der Waals surface area (Å²) in [5.41, 5.74) is 0.261. The second kappa shape index (κ2) is 6.05. The molecule has 0 aromatic heterocycles. The first-order valence-corrected chi connectivity index (χ1v) is 7.06. The number of rotatable bonds is 6. The highest BCUT2D eigenvalue weighted by atomic mass is 16.5. The van der Waals surface area contributed by atoms with Gasteiger partial charge >= 0.3 is 5.97 Å². The molecule has 0 saturated carbocycles. The molecule has 1 aliphatic rings. The molecular formula is C15H28O3. The Balaban J connectivity index is 2.42. The lowest BCUT2D eigenvalue weighted by molar-refractivity contribution is -0.174. The van der Waals surface area contributed by atoms with Crippen molar-refractivity contribution in [1.29, 1.82) is 0 Å². The Morgan fingerprint density at radius 2 is 1.94 bits per heavy atom. The van der Waals surface area contributed by atoms with Crippen LogP contribution < -0.4 is 0 Å². The first-order valence-electron chi connectivity index (χ1n) is 7.06. The van der Waals surface area contributed by atoms with E-state index in [4.69, 9.17) is 9.47 Å². The van der Waals surface area contributed by atoms with Crippen LogP contribution in [-0.2, 0) is 14.3 Å². The van der Waals surface area contributed by atoms with Gasteiger partial charge < -0.3 is 9.47 Å². The fraction of sp³-hybridized carbons (Fsp3) is 0.933. The standard InChI is InChI=1S/C15H28O3/c1-6-12(8-14(3,4)5)13(16)18-11-15(7-2)9-17-10-15/h12H,6-11H2,1-5H3. The molecule has 0 aliphatic carbocycles. The van der Waals surface area contributed by atoms with E-state index >= 15 is 0 Å². The van der Waals surface area contributed by atoms with Crippen molar-refractivity contribution >= 4 is 5.97 Å². The molecule has 0 aromatic rings. The predicted molar refractivity (Wildman–Crippen MR) is 72.4 cm³/mol. The minimum Gasteiger partial charge on any atom is -0.465 e. The van der Waals surface area contributed by atoms with E-state index in [0.29, 0.717) is 6.61 Å². The van der Waals surface area contributed by atoms with Crippen LogP contribution in [0.4, 0.5) is 0 Å². The highest BCUT2D eigenvalue weighted by molar-refractivity contribution is 5.72. The Morgan fingerprint density at radius 3 is 2.28 bits per heavy atom. The maximum absolute atomic E-state index is 12.1. The van der Waals surface area contributed by atoms with Crippen molar-refractivity contribution in [2.24, 2.45) is 16.7 Å². The highest BCUT2D eigenvalue weighted by Crippen LogP contribution is 2.32. The molecule has 1 atom stereocenters. The van der Waals surface area contributed by atoms with Crippen molar-refractivity contribution in [1.82, 2.24) is 0 Å². The Labute approximate surface area is 111 Å². The molecule has 1 saturated heterocycles. The third kappa shape index (κ3) is 4.27. The van der Waals surface area contributed by atoms with Crippen LogP contribution in [0.1, 0.15) is 53.9 Å². The lowest BCUT2D eigenvalue weighted by Gasteiger charge is -2.40. The minimum atomic E-state index is -0.0350. The van der Waals surface area contributed by atoms with Crippen LogP contribution in [0.5, 0.6) is 0 Å². The van der Waals surface area contributed by atoms with E-state index in [0.717, 1.165) is 32.5 Å². The molecule has 0 bridgehead atoms. The molecule has 1 unspecified atom stereocenters. The van der Waals surface area contributed by atoms with Gasteiger partial charge in [-0.1, -0.05) is 34.6 Å². The summed E-state index contributed by atoms with van der Waals surface area (Å²) in [6.07, 6.45) is 2.75. The predicted octanol–water partition coefficient (Wildman–Crippen LogP) is 3.42. The number of hydrogen-bond donors (Lipinski definition) is 0. The van der Waals surface area contributed by atoms with Crippen molar-refractivity contribution in [2.75, 3.05) is 19.8 Å². The third-order valence-corrected chi connectivity index (χ3v) is 3.77. The van der Waals surface area contributed by atoms with Crippen LogP contribution in [0.15, 0.2) is 0 Å². The van der Waals surface area contributed by atoms with E-state index in [-0.39, 0.29) is 22.7 Å². The number of ether oxygens (including phenoxy) is 2. The van der Waals surface area contributed by atoms with Crippen LogP contribution >= 0.6 is 0 Å². The van der Waals surface area contributed by atoms with Gasteiger partial charge in [0.2, 0.25) is 0 Å². The van der Waals surface area contributed by atoms with Gasteiger partial charge in [0.1, 0.15) is 6.61 Å². The van der Waals surface area contributed by atoms with Crippen LogP contribution in [0.3, 0.4) is 0 Å². The second-order valence-corrected chi connectivity index (χ2v) is 6.82. The van der Waals surface area contributed by atoms with Gasteiger partial charge in [-0.3, -0.25) is 4.79 Å². The molecule has 18 heavy (non-hydrogen) atoms. The Bertz CT molecular complexity index is 268. The third-order valence-electron chi connectivity index (χ3n) is 3.77. The lowest BCUT2D eigenvalue weighted by Crippen LogP contribution is -2.46. The summed E-state index contributed by atoms with van der Waals surface area (Å²) in [7, 11) is 0. The van der Waals surface area contributed by atoms with Crippen molar-refractivity contribution in [2.45, 2.75) is 53.9 Å². The molecule has 1 heterocycles. The SMILES string of the molecule is CCC(CC(C)(C)C)C(=O)OCC1(CC)COC1. The first-order chi connectivity index (χ1) is 8.32. The molecule has 106 valence electrons. The Morgan fingerprint density at radius 1 is 1.33 bits per heavy atom. The summed E-state index contributed by atoms with van der Waals surface area (Å²) in [5.74, 6) is -0.00736. The topological polar surface area (TPSA) is 35.5 Å². The van der Waals surface area contributed by atoms with Crippen molar-refractivity contribution in [3.63, 3.8) is 0 Å². The summed E-state index contributed by atoms with van der Waals surface area (Å²) < 4.78 is 10.8. The number of hydrogen-bond acceptors (Lipinski definition) is 3. The van der Waals surface area contributed by atoms with E-state index in [1.165, 1.54) is 0 Å². The van der Waals surface area contributed by atoms with E-state index in [2.05, 4.69) is 34.6 Å². The molecule has 0 aromatic carbocycles. The minimum absolute atomic E-state index is 0.0277. The Kier molecular flexibility index (Phi) is 5.20. The van der Waals surface area contributed by atoms with Crippen LogP contribution in [0.25, 0.3) is 0 Å². The molecule has 0 spiro atoms. The van der Waals surface area contributed by atoms with Gasteiger partial charge in [0.25, 0.3) is 0 Å². The van der Waals surface area contributed by atoms with Gasteiger partial charge in [-0.2, -0.15) is 0 Å². The highest BCUT2D eigenvalue weighted by Gasteiger charge is 2.38. The zero-order valence-electron chi connectivity index (χ0n) is 12.5. The van der Waals surface area contributed by atoms with Gasteiger partial charge in [-0.05, 0) is 24.7 Å². The van der Waals surface area contributed by atoms with Gasteiger partial charge in [0.05, 0.1) is 24.5 Å². The van der Waals surface area contributed by atoms with Crippen LogP contribution in [-0.4, -0.2) is 25.8 Å². The molecule has 1 fully saturated rings. The Hall–Kier alpha value is -0.570. The molecule has 1 rings (SSSR count). The van der Waals surface area contributed by atoms with E-state index in [9.17, 15) is 4.79 Å². The summed E-state index contributed by atoms with van der Waals surface area (Å²) in [6.45, 7) is 12.6. The van der Waals surface area contributed by atoms with Gasteiger partial charge in [0.15, 0.2) is 0 Å². The van der Waals surface area contributed by atoms with Gasteiger partial charge in [-0.15, -0.1) is 0 Å². The maximum atomic E-state index is 12.1. The molecule has 0 N–H and O–H groups in total. The quantitative estimate of drug-likeness (QED) is 0.683. The van der Waals surface area contributed by atoms with Crippen LogP contribution in [0, 0.1) is 16.7 Å². The van der Waals surface area contributed by atoms with E-state index in [1.807, 2.05) is 0 Å². The van der Waals surface area contributed by atoms with E-state index in [1.54, 1.807) is 0 Å². The fourth-order valence-electron chi connectivity index (χ4n) is 2.26. The molecule has 0 amide bonds. The zero-order chi connectivity index (χ0) is 13.8. The smallest absolute Gasteiger partial charge is 0.308 e. The molecule has 0 radical (unpaired) electrons. The number of carbonyl (C=O) groups excluding carboxylic acids is 1. The average molecular weight is 256 g/mol. The average Bonchev–Trinajstić information content (AvgIpc) is 2.23. The van der Waals surface area contributed by atoms with Crippen molar-refractivity contribution in [3.05, 3.63) is 0 Å². The van der Waals surface area contributed by atoms with E-state index < -0.39 is 0 Å². The maximum Gasteiger partial charge on any atom is 0.308 e. The molecule has 3 nitrogen and oxygen atoms in total. The summed E-state index contributed by atoms with van der Waals surface area (Å²) in [4.78, 5) is 12.1. The first kappa shape index (κ1) is 15.5. The van der Waals surface area contributed by atoms with Gasteiger partial charge in [0, 0.05) is 0 Å². The van der Waals surface area contributed by atoms with Crippen molar-refractivity contribution < 1.29 is 14.3 Å². The largest absolute Gasteiger partial charge is 0.465 e. The number of esters is 1. The summed E-state index contributed by atoms with van der Waals surface area (Å²) in [5, 5.41) is 0. The monoisotopic (exact) mass is 256 g/mol. The molecular weight excluding hydrogens is 228 g/mol. The van der Waals surface area contributed by atoms with Crippen LogP contribution in [0.2, 0.25) is 0 Å². The summed E-state index contributed by atoms with van der Waals surface area (Å²) in [6, 6.07) is 0. The summed E-state index contributed by atoms with van der Waals surface area (Å²) >= 11 is 0. The second-order valence-electron chi connectivity index (χ2n) is 6.82. The van der Waals surface area contributed by atoms with Crippen molar-refractivity contribution in [3.8, 4) is 0 Å². The number of carbonyl (C=O) groups is 1. The molecule has 3 heteroatoms. The zero-order valence-corrected chi connectivity index (χ0v) is 12.5. The fourth-order valence-corrected chi connectivity index (χ4v) is 2.26. The van der Waals surface area contributed by atoms with Gasteiger partial charge in [-0.25, -0.2) is 0 Å². The normalized spacial score (nSPS) is 20.1.